The lowest BCUT2D eigenvalue weighted by Crippen LogP contribution is -2.18. The minimum Gasteiger partial charge on any atom is -0.494 e. The number of hydrogen-bond donors (Lipinski definition) is 1. The van der Waals surface area contributed by atoms with Crippen LogP contribution in [0.4, 0.5) is 0 Å². The minimum atomic E-state index is -0.344. The molecule has 0 aliphatic heterocycles. The lowest BCUT2D eigenvalue weighted by molar-refractivity contribution is 0.0953. The van der Waals surface area contributed by atoms with Crippen molar-refractivity contribution < 1.29 is 14.3 Å². The normalized spacial score (nSPS) is 10.9. The number of amides is 1. The summed E-state index contributed by atoms with van der Waals surface area (Å²) in [6, 6.07) is 24.0. The van der Waals surface area contributed by atoms with E-state index in [4.69, 9.17) is 9.47 Å². The average Bonchev–Trinajstić information content (AvgIpc) is 2.78. The highest BCUT2D eigenvalue weighted by molar-refractivity contribution is 5.97. The van der Waals surface area contributed by atoms with Gasteiger partial charge in [-0.05, 0) is 74.6 Å². The molecule has 0 saturated carbocycles. The Kier molecular flexibility index (Phi) is 8.20. The molecule has 0 atom stereocenters. The van der Waals surface area contributed by atoms with Crippen LogP contribution in [0.5, 0.6) is 17.2 Å². The molecule has 0 fully saturated rings. The molecule has 160 valence electrons. The zero-order chi connectivity index (χ0) is 21.9. The first-order valence-corrected chi connectivity index (χ1v) is 10.1. The Morgan fingerprint density at radius 3 is 2.39 bits per heavy atom. The van der Waals surface area contributed by atoms with E-state index < -0.39 is 0 Å². The summed E-state index contributed by atoms with van der Waals surface area (Å²) in [4.78, 5) is 14.7. The number of hydrogen-bond acceptors (Lipinski definition) is 5. The topological polar surface area (TPSA) is 63.2 Å². The van der Waals surface area contributed by atoms with E-state index in [0.717, 1.165) is 24.3 Å². The van der Waals surface area contributed by atoms with Crippen molar-refractivity contribution in [3.8, 4) is 17.2 Å². The third-order valence-electron chi connectivity index (χ3n) is 4.38. The first-order chi connectivity index (χ1) is 15.1. The van der Waals surface area contributed by atoms with Crippen LogP contribution in [0.3, 0.4) is 0 Å². The van der Waals surface area contributed by atoms with E-state index in [9.17, 15) is 4.79 Å². The number of carbonyl (C=O) groups excluding carboxylic acids is 1. The van der Waals surface area contributed by atoms with Gasteiger partial charge in [0.2, 0.25) is 0 Å². The Morgan fingerprint density at radius 1 is 0.935 bits per heavy atom. The molecule has 0 saturated heterocycles. The van der Waals surface area contributed by atoms with Gasteiger partial charge < -0.3 is 14.4 Å². The van der Waals surface area contributed by atoms with Gasteiger partial charge in [-0.2, -0.15) is 5.10 Å². The fourth-order valence-corrected chi connectivity index (χ4v) is 2.81. The SMILES string of the molecule is CN(C)CCCOc1ccc(/C=N/NC(=O)c2ccccc2Oc2ccccc2)cc1. The van der Waals surface area contributed by atoms with Gasteiger partial charge in [-0.3, -0.25) is 4.79 Å². The van der Waals surface area contributed by atoms with E-state index in [0.29, 0.717) is 23.7 Å². The van der Waals surface area contributed by atoms with Gasteiger partial charge in [0.15, 0.2) is 0 Å². The zero-order valence-electron chi connectivity index (χ0n) is 17.8. The molecule has 0 aliphatic rings. The number of nitrogens with one attached hydrogen (secondary N) is 1. The molecular formula is C25H27N3O3. The van der Waals surface area contributed by atoms with Crippen molar-refractivity contribution >= 4 is 12.1 Å². The molecule has 6 heteroatoms. The van der Waals surface area contributed by atoms with Crippen molar-refractivity contribution in [3.63, 3.8) is 0 Å². The Bertz CT molecular complexity index is 986. The molecule has 31 heavy (non-hydrogen) atoms. The second-order valence-electron chi connectivity index (χ2n) is 7.18. The first kappa shape index (κ1) is 22.1. The predicted molar refractivity (Wildman–Crippen MR) is 123 cm³/mol. The summed E-state index contributed by atoms with van der Waals surface area (Å²) in [6.45, 7) is 1.66. The quantitative estimate of drug-likeness (QED) is 0.298. The Morgan fingerprint density at radius 2 is 1.65 bits per heavy atom. The molecule has 0 unspecified atom stereocenters. The number of hydrazone groups is 1. The Hall–Kier alpha value is -3.64. The molecular weight excluding hydrogens is 390 g/mol. The molecule has 0 bridgehead atoms. The maximum Gasteiger partial charge on any atom is 0.275 e. The molecule has 0 spiro atoms. The van der Waals surface area contributed by atoms with Crippen LogP contribution in [-0.2, 0) is 0 Å². The summed E-state index contributed by atoms with van der Waals surface area (Å²) < 4.78 is 11.6. The maximum absolute atomic E-state index is 12.6. The molecule has 1 amide bonds. The van der Waals surface area contributed by atoms with Gasteiger partial charge in [-0.25, -0.2) is 5.43 Å². The highest BCUT2D eigenvalue weighted by Crippen LogP contribution is 2.24. The van der Waals surface area contributed by atoms with Crippen molar-refractivity contribution in [1.29, 1.82) is 0 Å². The smallest absolute Gasteiger partial charge is 0.275 e. The van der Waals surface area contributed by atoms with Crippen LogP contribution >= 0.6 is 0 Å². The number of para-hydroxylation sites is 2. The summed E-state index contributed by atoms with van der Waals surface area (Å²) in [5.74, 6) is 1.60. The summed E-state index contributed by atoms with van der Waals surface area (Å²) in [7, 11) is 4.09. The van der Waals surface area contributed by atoms with E-state index in [1.165, 1.54) is 0 Å². The Balaban J connectivity index is 1.54. The van der Waals surface area contributed by atoms with E-state index in [2.05, 4.69) is 15.4 Å². The third kappa shape index (κ3) is 7.28. The van der Waals surface area contributed by atoms with Gasteiger partial charge >= 0.3 is 0 Å². The van der Waals surface area contributed by atoms with Crippen LogP contribution in [-0.4, -0.2) is 44.3 Å². The van der Waals surface area contributed by atoms with Crippen LogP contribution in [0.1, 0.15) is 22.3 Å². The summed E-state index contributed by atoms with van der Waals surface area (Å²) >= 11 is 0. The zero-order valence-corrected chi connectivity index (χ0v) is 17.8. The molecule has 3 rings (SSSR count). The summed E-state index contributed by atoms with van der Waals surface area (Å²) in [6.07, 6.45) is 2.56. The molecule has 3 aromatic carbocycles. The van der Waals surface area contributed by atoms with Gasteiger partial charge in [0.05, 0.1) is 18.4 Å². The van der Waals surface area contributed by atoms with E-state index in [1.807, 2.05) is 74.8 Å². The van der Waals surface area contributed by atoms with Crippen LogP contribution in [0.15, 0.2) is 84.0 Å². The lowest BCUT2D eigenvalue weighted by Gasteiger charge is -2.10. The fourth-order valence-electron chi connectivity index (χ4n) is 2.81. The lowest BCUT2D eigenvalue weighted by atomic mass is 10.2. The van der Waals surface area contributed by atoms with Gasteiger partial charge in [-0.15, -0.1) is 0 Å². The predicted octanol–water partition coefficient (Wildman–Crippen LogP) is 4.57. The van der Waals surface area contributed by atoms with Gasteiger partial charge in [0, 0.05) is 6.54 Å². The van der Waals surface area contributed by atoms with Crippen LogP contribution in [0.2, 0.25) is 0 Å². The van der Waals surface area contributed by atoms with Crippen molar-refractivity contribution in [2.75, 3.05) is 27.2 Å². The number of carbonyl (C=O) groups is 1. The summed E-state index contributed by atoms with van der Waals surface area (Å²) in [5, 5.41) is 4.06. The molecule has 3 aromatic rings. The molecule has 1 N–H and O–H groups in total. The van der Waals surface area contributed by atoms with Crippen LogP contribution in [0.25, 0.3) is 0 Å². The molecule has 0 aliphatic carbocycles. The van der Waals surface area contributed by atoms with E-state index in [1.54, 1.807) is 24.4 Å². The van der Waals surface area contributed by atoms with Crippen LogP contribution < -0.4 is 14.9 Å². The highest BCUT2D eigenvalue weighted by atomic mass is 16.5. The van der Waals surface area contributed by atoms with Crippen molar-refractivity contribution in [3.05, 3.63) is 90.0 Å². The van der Waals surface area contributed by atoms with Gasteiger partial charge in [-0.1, -0.05) is 30.3 Å². The standard InChI is InChI=1S/C25H27N3O3/c1-28(2)17-8-18-30-21-15-13-20(14-16-21)19-26-27-25(29)23-11-6-7-12-24(23)31-22-9-4-3-5-10-22/h3-7,9-16,19H,8,17-18H2,1-2H3,(H,27,29)/b26-19+. The maximum atomic E-state index is 12.6. The first-order valence-electron chi connectivity index (χ1n) is 10.1. The molecule has 0 radical (unpaired) electrons. The monoisotopic (exact) mass is 417 g/mol. The highest BCUT2D eigenvalue weighted by Gasteiger charge is 2.12. The second kappa shape index (κ2) is 11.5. The second-order valence-corrected chi connectivity index (χ2v) is 7.18. The van der Waals surface area contributed by atoms with Crippen LogP contribution in [0, 0.1) is 0 Å². The third-order valence-corrected chi connectivity index (χ3v) is 4.38. The number of rotatable bonds is 10. The molecule has 0 heterocycles. The number of nitrogens with zero attached hydrogens (tertiary/aromatic N) is 2. The van der Waals surface area contributed by atoms with E-state index >= 15 is 0 Å². The molecule has 6 nitrogen and oxygen atoms in total. The molecule has 0 aromatic heterocycles. The van der Waals surface area contributed by atoms with E-state index in [-0.39, 0.29) is 5.91 Å². The van der Waals surface area contributed by atoms with Gasteiger partial charge in [0.1, 0.15) is 17.2 Å². The number of ether oxygens (including phenoxy) is 2. The average molecular weight is 418 g/mol. The fraction of sp³-hybridized carbons (Fsp3) is 0.200. The largest absolute Gasteiger partial charge is 0.494 e. The Labute approximate surface area is 183 Å². The van der Waals surface area contributed by atoms with Crippen molar-refractivity contribution in [1.82, 2.24) is 10.3 Å². The summed E-state index contributed by atoms with van der Waals surface area (Å²) in [5.41, 5.74) is 3.82. The minimum absolute atomic E-state index is 0.344. The van der Waals surface area contributed by atoms with Gasteiger partial charge in [0.25, 0.3) is 5.91 Å². The van der Waals surface area contributed by atoms with Crippen molar-refractivity contribution in [2.45, 2.75) is 6.42 Å². The number of benzene rings is 3. The van der Waals surface area contributed by atoms with Crippen molar-refractivity contribution in [2.24, 2.45) is 5.10 Å².